The molecule has 0 saturated heterocycles. The van der Waals surface area contributed by atoms with Crippen LogP contribution in [0.2, 0.25) is 10.0 Å². The summed E-state index contributed by atoms with van der Waals surface area (Å²) in [6.45, 7) is 0.187. The second-order valence-corrected chi connectivity index (χ2v) is 11.2. The first-order chi connectivity index (χ1) is 19.4. The van der Waals surface area contributed by atoms with Crippen molar-refractivity contribution in [3.05, 3.63) is 87.2 Å². The third-order valence-electron chi connectivity index (χ3n) is 7.83. The number of hydrogen-bond donors (Lipinski definition) is 0. The van der Waals surface area contributed by atoms with Crippen LogP contribution in [0.15, 0.2) is 59.3 Å². The van der Waals surface area contributed by atoms with Crippen molar-refractivity contribution in [1.29, 1.82) is 0 Å². The molecule has 3 aliphatic rings. The summed E-state index contributed by atoms with van der Waals surface area (Å²) in [6.07, 6.45) is 5.16. The average Bonchev–Trinajstić information content (AvgIpc) is 3.89. The molecule has 8 nitrogen and oxygen atoms in total. The Labute approximate surface area is 239 Å². The van der Waals surface area contributed by atoms with Crippen molar-refractivity contribution in [2.45, 2.75) is 43.6 Å². The molecule has 7 rings (SSSR count). The molecule has 4 aromatic rings. The van der Waals surface area contributed by atoms with Gasteiger partial charge in [0.1, 0.15) is 29.6 Å². The Morgan fingerprint density at radius 1 is 1.12 bits per heavy atom. The lowest BCUT2D eigenvalue weighted by Gasteiger charge is -2.17. The monoisotopic (exact) mass is 575 g/mol. The van der Waals surface area contributed by atoms with Crippen LogP contribution in [0.5, 0.6) is 5.75 Å². The zero-order chi connectivity index (χ0) is 27.6. The number of rotatable bonds is 7. The Balaban J connectivity index is 1.20. The van der Waals surface area contributed by atoms with Crippen molar-refractivity contribution in [3.63, 3.8) is 0 Å². The Kier molecular flexibility index (Phi) is 5.87. The van der Waals surface area contributed by atoms with Crippen molar-refractivity contribution in [1.82, 2.24) is 10.1 Å². The van der Waals surface area contributed by atoms with Gasteiger partial charge in [-0.1, -0.05) is 34.4 Å². The maximum absolute atomic E-state index is 13.6. The normalized spacial score (nSPS) is 16.8. The Morgan fingerprint density at radius 2 is 1.85 bits per heavy atom. The topological polar surface area (TPSA) is 94.8 Å². The number of carbonyl (C=O) groups excluding carboxylic acids is 2. The first-order valence-corrected chi connectivity index (χ1v) is 13.8. The molecular formula is C30H23Cl2N3O5. The lowest BCUT2D eigenvalue weighted by molar-refractivity contribution is -0.119. The van der Waals surface area contributed by atoms with Gasteiger partial charge in [-0.25, -0.2) is 9.78 Å². The first kappa shape index (κ1) is 25.1. The number of halogens is 2. The molecule has 0 bridgehead atoms. The number of methoxy groups -OCH3 is 1. The lowest BCUT2D eigenvalue weighted by Crippen LogP contribution is -2.28. The van der Waals surface area contributed by atoms with Crippen molar-refractivity contribution >= 4 is 46.6 Å². The van der Waals surface area contributed by atoms with Crippen LogP contribution in [0.3, 0.4) is 0 Å². The van der Waals surface area contributed by atoms with Gasteiger partial charge in [-0.3, -0.25) is 9.69 Å². The molecule has 2 saturated carbocycles. The van der Waals surface area contributed by atoms with E-state index in [9.17, 15) is 9.59 Å². The molecule has 202 valence electrons. The summed E-state index contributed by atoms with van der Waals surface area (Å²) >= 11 is 13.0. The summed E-state index contributed by atoms with van der Waals surface area (Å²) in [5.41, 5.74) is 3.29. The van der Waals surface area contributed by atoms with E-state index in [1.165, 1.54) is 7.11 Å². The number of aromatic nitrogens is 2. The molecule has 0 N–H and O–H groups in total. The number of hydrogen-bond acceptors (Lipinski definition) is 7. The van der Waals surface area contributed by atoms with Gasteiger partial charge in [0.2, 0.25) is 5.91 Å². The van der Waals surface area contributed by atoms with Gasteiger partial charge in [0, 0.05) is 17.0 Å². The summed E-state index contributed by atoms with van der Waals surface area (Å²) < 4.78 is 16.8. The Morgan fingerprint density at radius 3 is 2.50 bits per heavy atom. The summed E-state index contributed by atoms with van der Waals surface area (Å²) in [5, 5.41) is 5.30. The molecular weight excluding hydrogens is 553 g/mol. The fourth-order valence-electron chi connectivity index (χ4n) is 5.39. The Hall–Kier alpha value is -3.88. The number of fused-ring (bicyclic) bond motifs is 2. The average molecular weight is 576 g/mol. The highest BCUT2D eigenvalue weighted by molar-refractivity contribution is 6.39. The van der Waals surface area contributed by atoms with E-state index < -0.39 is 11.4 Å². The van der Waals surface area contributed by atoms with E-state index in [0.29, 0.717) is 50.0 Å². The SMILES string of the molecule is COC(=O)c1ccc(N2C(=O)C3(CC3)c3cc(OCc4c(-c5c(Cl)cccc5Cl)noc4C4CC4)cnc32)cc1. The summed E-state index contributed by atoms with van der Waals surface area (Å²) in [6, 6.07) is 14.0. The first-order valence-electron chi connectivity index (χ1n) is 13.0. The smallest absolute Gasteiger partial charge is 0.337 e. The van der Waals surface area contributed by atoms with Gasteiger partial charge < -0.3 is 14.0 Å². The third-order valence-corrected chi connectivity index (χ3v) is 8.46. The van der Waals surface area contributed by atoms with Crippen molar-refractivity contribution in [3.8, 4) is 17.0 Å². The molecule has 2 fully saturated rings. The van der Waals surface area contributed by atoms with E-state index in [4.69, 9.17) is 37.2 Å². The van der Waals surface area contributed by atoms with Crippen LogP contribution in [0.4, 0.5) is 11.5 Å². The predicted octanol–water partition coefficient (Wildman–Crippen LogP) is 7.00. The number of ether oxygens (including phenoxy) is 2. The fourth-order valence-corrected chi connectivity index (χ4v) is 5.97. The number of esters is 1. The van der Waals surface area contributed by atoms with Crippen LogP contribution in [-0.4, -0.2) is 29.1 Å². The molecule has 10 heteroatoms. The fraction of sp³-hybridized carbons (Fsp3) is 0.267. The van der Waals surface area contributed by atoms with Crippen molar-refractivity contribution < 1.29 is 23.6 Å². The van der Waals surface area contributed by atoms with E-state index in [2.05, 4.69) is 10.1 Å². The van der Waals surface area contributed by atoms with Gasteiger partial charge in [0.15, 0.2) is 0 Å². The molecule has 0 unspecified atom stereocenters. The number of pyridine rings is 1. The predicted molar refractivity (Wildman–Crippen MR) is 148 cm³/mol. The third kappa shape index (κ3) is 3.97. The second kappa shape index (κ2) is 9.35. The van der Waals surface area contributed by atoms with Gasteiger partial charge in [-0.2, -0.15) is 0 Å². The number of carbonyl (C=O) groups is 2. The molecule has 3 heterocycles. The standard InChI is InChI=1S/C30H23Cl2N3O5/c1-38-28(36)17-7-9-18(10-8-17)35-27-21(30(11-12-30)29(35)37)13-19(14-33-27)39-15-20-25(34-40-26(20)16-5-6-16)24-22(31)3-2-4-23(24)32/h2-4,7-10,13-14,16H,5-6,11-12,15H2,1H3. The van der Waals surface area contributed by atoms with Crippen molar-refractivity contribution in [2.75, 3.05) is 12.0 Å². The van der Waals surface area contributed by atoms with Gasteiger partial charge in [-0.15, -0.1) is 0 Å². The highest BCUT2D eigenvalue weighted by Crippen LogP contribution is 2.59. The maximum atomic E-state index is 13.6. The quantitative estimate of drug-likeness (QED) is 0.219. The van der Waals surface area contributed by atoms with E-state index in [1.54, 1.807) is 53.6 Å². The van der Waals surface area contributed by atoms with Crippen LogP contribution >= 0.6 is 23.2 Å². The van der Waals surface area contributed by atoms with Gasteiger partial charge in [0.25, 0.3) is 0 Å². The van der Waals surface area contributed by atoms with E-state index in [-0.39, 0.29) is 12.5 Å². The van der Waals surface area contributed by atoms with E-state index in [0.717, 1.165) is 42.6 Å². The molecule has 0 atom stereocenters. The molecule has 1 spiro atoms. The van der Waals surface area contributed by atoms with Crippen molar-refractivity contribution in [2.24, 2.45) is 0 Å². The van der Waals surface area contributed by atoms with E-state index in [1.807, 2.05) is 6.07 Å². The summed E-state index contributed by atoms with van der Waals surface area (Å²) in [7, 11) is 1.33. The van der Waals surface area contributed by atoms with Crippen LogP contribution in [0, 0.1) is 0 Å². The minimum Gasteiger partial charge on any atom is -0.487 e. The molecule has 2 aromatic heterocycles. The van der Waals surface area contributed by atoms with Gasteiger partial charge in [0.05, 0.1) is 45.6 Å². The molecule has 2 aromatic carbocycles. The summed E-state index contributed by atoms with van der Waals surface area (Å²) in [4.78, 5) is 31.7. The highest BCUT2D eigenvalue weighted by atomic mass is 35.5. The van der Waals surface area contributed by atoms with E-state index >= 15 is 0 Å². The molecule has 2 aliphatic carbocycles. The molecule has 1 aliphatic heterocycles. The number of benzene rings is 2. The minimum absolute atomic E-state index is 0.0244. The molecule has 1 amide bonds. The maximum Gasteiger partial charge on any atom is 0.337 e. The number of nitrogens with zero attached hydrogens (tertiary/aromatic N) is 3. The van der Waals surface area contributed by atoms with Crippen LogP contribution in [-0.2, 0) is 21.6 Å². The molecule has 40 heavy (non-hydrogen) atoms. The Bertz CT molecular complexity index is 1660. The largest absolute Gasteiger partial charge is 0.487 e. The summed E-state index contributed by atoms with van der Waals surface area (Å²) in [5.74, 6) is 1.74. The number of anilines is 2. The van der Waals surface area contributed by atoms with Crippen LogP contribution in [0.25, 0.3) is 11.3 Å². The van der Waals surface area contributed by atoms with Crippen LogP contribution < -0.4 is 9.64 Å². The zero-order valence-corrected chi connectivity index (χ0v) is 23.0. The second-order valence-electron chi connectivity index (χ2n) is 10.3. The lowest BCUT2D eigenvalue weighted by atomic mass is 9.99. The number of amides is 1. The zero-order valence-electron chi connectivity index (χ0n) is 21.4. The minimum atomic E-state index is -0.602. The highest BCUT2D eigenvalue weighted by Gasteiger charge is 2.60. The van der Waals surface area contributed by atoms with Gasteiger partial charge >= 0.3 is 5.97 Å². The molecule has 0 radical (unpaired) electrons. The van der Waals surface area contributed by atoms with Crippen LogP contribution in [0.1, 0.15) is 58.8 Å². The van der Waals surface area contributed by atoms with Gasteiger partial charge in [-0.05, 0) is 68.1 Å².